The van der Waals surface area contributed by atoms with Gasteiger partial charge >= 0.3 is 0 Å². The quantitative estimate of drug-likeness (QED) is 0.843. The van der Waals surface area contributed by atoms with Gasteiger partial charge in [0.25, 0.3) is 0 Å². The van der Waals surface area contributed by atoms with Crippen molar-refractivity contribution in [3.8, 4) is 0 Å². The first-order chi connectivity index (χ1) is 8.81. The molecule has 0 spiro atoms. The summed E-state index contributed by atoms with van der Waals surface area (Å²) >= 11 is 5.97. The Hall–Kier alpha value is -0.780. The minimum atomic E-state index is -3.58. The maximum absolute atomic E-state index is 12.3. The van der Waals surface area contributed by atoms with Crippen LogP contribution < -0.4 is 10.5 Å². The Bertz CT molecular complexity index is 574. The molecule has 3 atom stereocenters. The van der Waals surface area contributed by atoms with Crippen molar-refractivity contribution in [2.75, 3.05) is 5.73 Å². The number of hydrogen-bond acceptors (Lipinski definition) is 3. The van der Waals surface area contributed by atoms with E-state index in [1.807, 2.05) is 0 Å². The SMILES string of the molecule is CC1CCC(NS(=O)(=O)c2ccc(N)cc2Cl)C1C. The van der Waals surface area contributed by atoms with Crippen LogP contribution in [0.2, 0.25) is 5.02 Å². The number of nitrogens with one attached hydrogen (secondary N) is 1. The summed E-state index contributed by atoms with van der Waals surface area (Å²) in [6, 6.07) is 4.43. The van der Waals surface area contributed by atoms with Gasteiger partial charge in [-0.1, -0.05) is 25.4 Å². The fraction of sp³-hybridized carbons (Fsp3) is 0.538. The highest BCUT2D eigenvalue weighted by Gasteiger charge is 2.33. The first-order valence-electron chi connectivity index (χ1n) is 6.38. The molecule has 4 nitrogen and oxygen atoms in total. The molecule has 1 aromatic carbocycles. The van der Waals surface area contributed by atoms with Gasteiger partial charge in [0.1, 0.15) is 4.90 Å². The molecule has 19 heavy (non-hydrogen) atoms. The Labute approximate surface area is 119 Å². The van der Waals surface area contributed by atoms with E-state index in [0.717, 1.165) is 12.8 Å². The number of benzene rings is 1. The van der Waals surface area contributed by atoms with Crippen LogP contribution in [0, 0.1) is 11.8 Å². The van der Waals surface area contributed by atoms with Crippen molar-refractivity contribution in [2.45, 2.75) is 37.6 Å². The van der Waals surface area contributed by atoms with Crippen LogP contribution in [-0.2, 0) is 10.0 Å². The zero-order valence-corrected chi connectivity index (χ0v) is 12.6. The van der Waals surface area contributed by atoms with Crippen LogP contribution in [-0.4, -0.2) is 14.5 Å². The third-order valence-electron chi connectivity index (χ3n) is 4.02. The number of hydrogen-bond donors (Lipinski definition) is 2. The van der Waals surface area contributed by atoms with Crippen LogP contribution in [0.25, 0.3) is 0 Å². The van der Waals surface area contributed by atoms with Gasteiger partial charge in [0, 0.05) is 11.7 Å². The zero-order valence-electron chi connectivity index (χ0n) is 11.1. The van der Waals surface area contributed by atoms with Crippen LogP contribution in [0.5, 0.6) is 0 Å². The summed E-state index contributed by atoms with van der Waals surface area (Å²) in [7, 11) is -3.58. The van der Waals surface area contributed by atoms with E-state index in [1.54, 1.807) is 6.07 Å². The molecule has 1 aromatic rings. The van der Waals surface area contributed by atoms with Gasteiger partial charge in [0.15, 0.2) is 0 Å². The summed E-state index contributed by atoms with van der Waals surface area (Å²) in [4.78, 5) is 0.0927. The van der Waals surface area contributed by atoms with Gasteiger partial charge in [0.2, 0.25) is 10.0 Å². The third-order valence-corrected chi connectivity index (χ3v) is 5.99. The summed E-state index contributed by atoms with van der Waals surface area (Å²) in [6.07, 6.45) is 1.91. The van der Waals surface area contributed by atoms with Gasteiger partial charge in [-0.25, -0.2) is 13.1 Å². The standard InChI is InChI=1S/C13H19ClN2O2S/c1-8-3-5-12(9(8)2)16-19(17,18)13-6-4-10(15)7-11(13)14/h4,6-9,12,16H,3,5,15H2,1-2H3. The molecule has 0 radical (unpaired) electrons. The number of rotatable bonds is 3. The maximum Gasteiger partial charge on any atom is 0.242 e. The average molecular weight is 303 g/mol. The molecule has 0 heterocycles. The van der Waals surface area contributed by atoms with Gasteiger partial charge < -0.3 is 5.73 Å². The molecular formula is C13H19ClN2O2S. The smallest absolute Gasteiger partial charge is 0.242 e. The predicted octanol–water partition coefficient (Wildman–Crippen LogP) is 2.64. The van der Waals surface area contributed by atoms with Crippen LogP contribution in [0.1, 0.15) is 26.7 Å². The van der Waals surface area contributed by atoms with E-state index in [2.05, 4.69) is 18.6 Å². The minimum Gasteiger partial charge on any atom is -0.399 e. The van der Waals surface area contributed by atoms with Crippen molar-refractivity contribution in [1.82, 2.24) is 4.72 Å². The molecule has 0 bridgehead atoms. The lowest BCUT2D eigenvalue weighted by Gasteiger charge is -2.20. The Kier molecular flexibility index (Phi) is 4.08. The molecule has 0 amide bonds. The van der Waals surface area contributed by atoms with Crippen LogP contribution in [0.3, 0.4) is 0 Å². The van der Waals surface area contributed by atoms with Crippen molar-refractivity contribution < 1.29 is 8.42 Å². The lowest BCUT2D eigenvalue weighted by atomic mass is 9.98. The van der Waals surface area contributed by atoms with Crippen LogP contribution in [0.4, 0.5) is 5.69 Å². The number of halogens is 1. The summed E-state index contributed by atoms with van der Waals surface area (Å²) < 4.78 is 27.4. The number of sulfonamides is 1. The molecule has 0 aliphatic heterocycles. The lowest BCUT2D eigenvalue weighted by Crippen LogP contribution is -2.37. The lowest BCUT2D eigenvalue weighted by molar-refractivity contribution is 0.402. The van der Waals surface area contributed by atoms with Crippen LogP contribution in [0.15, 0.2) is 23.1 Å². The summed E-state index contributed by atoms with van der Waals surface area (Å²) in [5, 5.41) is 0.159. The van der Waals surface area contributed by atoms with E-state index in [4.69, 9.17) is 17.3 Å². The number of nitrogens with two attached hydrogens (primary N) is 1. The Morgan fingerprint density at radius 1 is 1.32 bits per heavy atom. The first kappa shape index (κ1) is 14.6. The normalized spacial score (nSPS) is 27.6. The number of anilines is 1. The summed E-state index contributed by atoms with van der Waals surface area (Å²) in [5.74, 6) is 0.872. The average Bonchev–Trinajstić information content (AvgIpc) is 2.60. The van der Waals surface area contributed by atoms with Crippen molar-refractivity contribution in [3.05, 3.63) is 23.2 Å². The van der Waals surface area contributed by atoms with E-state index < -0.39 is 10.0 Å². The molecule has 6 heteroatoms. The number of nitrogen functional groups attached to an aromatic ring is 1. The molecule has 1 aliphatic rings. The Morgan fingerprint density at radius 2 is 2.00 bits per heavy atom. The van der Waals surface area contributed by atoms with Gasteiger partial charge in [-0.05, 0) is 42.9 Å². The molecule has 0 saturated heterocycles. The fourth-order valence-electron chi connectivity index (χ4n) is 2.53. The van der Waals surface area contributed by atoms with Gasteiger partial charge in [-0.15, -0.1) is 0 Å². The monoisotopic (exact) mass is 302 g/mol. The molecule has 1 fully saturated rings. The maximum atomic E-state index is 12.3. The highest BCUT2D eigenvalue weighted by molar-refractivity contribution is 7.89. The fourth-order valence-corrected chi connectivity index (χ4v) is 4.44. The van der Waals surface area contributed by atoms with E-state index in [1.165, 1.54) is 12.1 Å². The topological polar surface area (TPSA) is 72.2 Å². The highest BCUT2D eigenvalue weighted by Crippen LogP contribution is 2.33. The minimum absolute atomic E-state index is 0.0198. The molecule has 106 valence electrons. The molecular weight excluding hydrogens is 284 g/mol. The zero-order chi connectivity index (χ0) is 14.2. The second-order valence-corrected chi connectivity index (χ2v) is 7.42. The second-order valence-electron chi connectivity index (χ2n) is 5.33. The summed E-state index contributed by atoms with van der Waals surface area (Å²) in [5.41, 5.74) is 6.03. The molecule has 1 saturated carbocycles. The van der Waals surface area contributed by atoms with Gasteiger partial charge in [0.05, 0.1) is 5.02 Å². The second kappa shape index (κ2) is 5.31. The largest absolute Gasteiger partial charge is 0.399 e. The predicted molar refractivity (Wildman–Crippen MR) is 77.5 cm³/mol. The van der Waals surface area contributed by atoms with E-state index in [0.29, 0.717) is 17.5 Å². The van der Waals surface area contributed by atoms with Crippen molar-refractivity contribution in [3.63, 3.8) is 0 Å². The van der Waals surface area contributed by atoms with E-state index in [9.17, 15) is 8.42 Å². The molecule has 2 rings (SSSR count). The molecule has 0 aromatic heterocycles. The third kappa shape index (κ3) is 3.04. The molecule has 1 aliphatic carbocycles. The summed E-state index contributed by atoms with van der Waals surface area (Å²) in [6.45, 7) is 4.23. The Morgan fingerprint density at radius 3 is 2.53 bits per heavy atom. The highest BCUT2D eigenvalue weighted by atomic mass is 35.5. The van der Waals surface area contributed by atoms with E-state index in [-0.39, 0.29) is 16.0 Å². The molecule has 3 unspecified atom stereocenters. The first-order valence-corrected chi connectivity index (χ1v) is 8.24. The molecule has 3 N–H and O–H groups in total. The van der Waals surface area contributed by atoms with Crippen molar-refractivity contribution >= 4 is 27.3 Å². The van der Waals surface area contributed by atoms with Crippen molar-refractivity contribution in [1.29, 1.82) is 0 Å². The van der Waals surface area contributed by atoms with Gasteiger partial charge in [-0.2, -0.15) is 0 Å². The van der Waals surface area contributed by atoms with E-state index >= 15 is 0 Å². The van der Waals surface area contributed by atoms with Gasteiger partial charge in [-0.3, -0.25) is 0 Å². The van der Waals surface area contributed by atoms with Crippen molar-refractivity contribution in [2.24, 2.45) is 11.8 Å². The Balaban J connectivity index is 2.23. The van der Waals surface area contributed by atoms with Crippen LogP contribution >= 0.6 is 11.6 Å².